The normalized spacial score (nSPS) is 16.0. The quantitative estimate of drug-likeness (QED) is 0.693. The zero-order valence-electron chi connectivity index (χ0n) is 14.8. The second kappa shape index (κ2) is 8.83. The summed E-state index contributed by atoms with van der Waals surface area (Å²) >= 11 is 3.42. The van der Waals surface area contributed by atoms with E-state index in [4.69, 9.17) is 19.3 Å². The minimum Gasteiger partial charge on any atom is -0.490 e. The van der Waals surface area contributed by atoms with Gasteiger partial charge in [0, 0.05) is 4.47 Å². The Morgan fingerprint density at radius 2 is 2.07 bits per heavy atom. The van der Waals surface area contributed by atoms with E-state index in [1.165, 1.54) is 0 Å². The SMILES string of the molecule is CC#C[C@@H](CC(=O)O)c1ccc(OC[C@H]2COc3ccc(Br)cc3O2)cc1. The lowest BCUT2D eigenvalue weighted by Crippen LogP contribution is -2.34. The Bertz CT molecular complexity index is 866. The topological polar surface area (TPSA) is 65.0 Å². The number of halogens is 1. The maximum absolute atomic E-state index is 11.0. The number of fused-ring (bicyclic) bond motifs is 1. The van der Waals surface area contributed by atoms with Crippen LogP contribution in [0.1, 0.15) is 24.8 Å². The van der Waals surface area contributed by atoms with Gasteiger partial charge in [0.25, 0.3) is 0 Å². The fraction of sp³-hybridized carbons (Fsp3) is 0.286. The van der Waals surface area contributed by atoms with E-state index in [9.17, 15) is 4.79 Å². The monoisotopic (exact) mass is 430 g/mol. The number of carboxylic acid groups (broad SMARTS) is 1. The van der Waals surface area contributed by atoms with E-state index in [0.717, 1.165) is 15.8 Å². The summed E-state index contributed by atoms with van der Waals surface area (Å²) in [6.07, 6.45) is -0.235. The first-order chi connectivity index (χ1) is 13.0. The second-order valence-electron chi connectivity index (χ2n) is 6.07. The van der Waals surface area contributed by atoms with Crippen LogP contribution in [0.5, 0.6) is 17.2 Å². The van der Waals surface area contributed by atoms with Crippen LogP contribution >= 0.6 is 15.9 Å². The number of carboxylic acids is 1. The van der Waals surface area contributed by atoms with Crippen LogP contribution < -0.4 is 14.2 Å². The third kappa shape index (κ3) is 5.18. The summed E-state index contributed by atoms with van der Waals surface area (Å²) in [5, 5.41) is 9.02. The van der Waals surface area contributed by atoms with Gasteiger partial charge in [0.1, 0.15) is 19.0 Å². The molecule has 6 heteroatoms. The van der Waals surface area contributed by atoms with Crippen LogP contribution in [0.25, 0.3) is 0 Å². The van der Waals surface area contributed by atoms with E-state index in [2.05, 4.69) is 27.8 Å². The van der Waals surface area contributed by atoms with Crippen LogP contribution in [-0.4, -0.2) is 30.4 Å². The van der Waals surface area contributed by atoms with Crippen LogP contribution in [0.4, 0.5) is 0 Å². The Morgan fingerprint density at radius 1 is 1.30 bits per heavy atom. The lowest BCUT2D eigenvalue weighted by molar-refractivity contribution is -0.137. The van der Waals surface area contributed by atoms with Crippen molar-refractivity contribution in [1.29, 1.82) is 0 Å². The van der Waals surface area contributed by atoms with Crippen LogP contribution in [0.3, 0.4) is 0 Å². The van der Waals surface area contributed by atoms with E-state index in [1.807, 2.05) is 42.5 Å². The summed E-state index contributed by atoms with van der Waals surface area (Å²) in [6, 6.07) is 13.0. The Kier molecular flexibility index (Phi) is 6.25. The number of rotatable bonds is 6. The van der Waals surface area contributed by atoms with Gasteiger partial charge in [0.15, 0.2) is 17.6 Å². The van der Waals surface area contributed by atoms with Crippen molar-refractivity contribution < 1.29 is 24.1 Å². The van der Waals surface area contributed by atoms with Gasteiger partial charge in [-0.2, -0.15) is 0 Å². The molecule has 0 aromatic heterocycles. The van der Waals surface area contributed by atoms with Crippen LogP contribution in [0, 0.1) is 11.8 Å². The highest BCUT2D eigenvalue weighted by molar-refractivity contribution is 9.10. The molecule has 1 aliphatic rings. The van der Waals surface area contributed by atoms with Crippen LogP contribution in [0.2, 0.25) is 0 Å². The molecule has 2 aromatic carbocycles. The van der Waals surface area contributed by atoms with Gasteiger partial charge in [-0.1, -0.05) is 34.0 Å². The molecule has 0 radical (unpaired) electrons. The van der Waals surface area contributed by atoms with Gasteiger partial charge >= 0.3 is 5.97 Å². The molecule has 2 atom stereocenters. The highest BCUT2D eigenvalue weighted by Crippen LogP contribution is 2.34. The fourth-order valence-corrected chi connectivity index (χ4v) is 3.10. The highest BCUT2D eigenvalue weighted by atomic mass is 79.9. The summed E-state index contributed by atoms with van der Waals surface area (Å²) in [6.45, 7) is 2.47. The minimum atomic E-state index is -0.871. The predicted molar refractivity (Wildman–Crippen MR) is 104 cm³/mol. The Labute approximate surface area is 166 Å². The van der Waals surface area contributed by atoms with E-state index in [1.54, 1.807) is 6.92 Å². The van der Waals surface area contributed by atoms with Gasteiger partial charge < -0.3 is 19.3 Å². The molecule has 5 nitrogen and oxygen atoms in total. The molecule has 0 fully saturated rings. The van der Waals surface area contributed by atoms with Crippen LogP contribution in [-0.2, 0) is 4.79 Å². The summed E-state index contributed by atoms with van der Waals surface area (Å²) in [4.78, 5) is 11.0. The zero-order valence-corrected chi connectivity index (χ0v) is 16.4. The Morgan fingerprint density at radius 3 is 2.78 bits per heavy atom. The lowest BCUT2D eigenvalue weighted by Gasteiger charge is -2.26. The number of aliphatic carboxylic acids is 1. The molecule has 140 valence electrons. The van der Waals surface area contributed by atoms with Crippen molar-refractivity contribution in [3.05, 3.63) is 52.5 Å². The molecule has 0 aliphatic carbocycles. The van der Waals surface area contributed by atoms with Gasteiger partial charge in [0.05, 0.1) is 12.3 Å². The van der Waals surface area contributed by atoms with Crippen molar-refractivity contribution in [2.24, 2.45) is 0 Å². The molecule has 0 amide bonds. The molecule has 1 heterocycles. The van der Waals surface area contributed by atoms with Crippen molar-refractivity contribution in [2.75, 3.05) is 13.2 Å². The third-order valence-electron chi connectivity index (χ3n) is 4.04. The number of carbonyl (C=O) groups is 1. The number of benzene rings is 2. The first-order valence-corrected chi connectivity index (χ1v) is 9.30. The van der Waals surface area contributed by atoms with Crippen molar-refractivity contribution in [3.8, 4) is 29.1 Å². The maximum Gasteiger partial charge on any atom is 0.304 e. The summed E-state index contributed by atoms with van der Waals surface area (Å²) in [5.74, 6) is 6.62. The minimum absolute atomic E-state index is 0.0245. The van der Waals surface area contributed by atoms with Crippen LogP contribution in [0.15, 0.2) is 46.9 Å². The first-order valence-electron chi connectivity index (χ1n) is 8.51. The average Bonchev–Trinajstić information content (AvgIpc) is 2.66. The van der Waals surface area contributed by atoms with E-state index >= 15 is 0 Å². The molecular formula is C21H19BrO5. The fourth-order valence-electron chi connectivity index (χ4n) is 2.76. The van der Waals surface area contributed by atoms with Gasteiger partial charge in [-0.25, -0.2) is 0 Å². The largest absolute Gasteiger partial charge is 0.490 e. The Balaban J connectivity index is 1.59. The van der Waals surface area contributed by atoms with Crippen molar-refractivity contribution in [3.63, 3.8) is 0 Å². The van der Waals surface area contributed by atoms with Crippen molar-refractivity contribution in [1.82, 2.24) is 0 Å². The van der Waals surface area contributed by atoms with E-state index in [-0.39, 0.29) is 18.4 Å². The van der Waals surface area contributed by atoms with Gasteiger partial charge in [-0.05, 0) is 42.8 Å². The summed E-state index contributed by atoms with van der Waals surface area (Å²) < 4.78 is 18.3. The lowest BCUT2D eigenvalue weighted by atomic mass is 9.96. The molecular weight excluding hydrogens is 412 g/mol. The molecule has 0 saturated heterocycles. The second-order valence-corrected chi connectivity index (χ2v) is 6.98. The maximum atomic E-state index is 11.0. The number of hydrogen-bond donors (Lipinski definition) is 1. The highest BCUT2D eigenvalue weighted by Gasteiger charge is 2.22. The molecule has 0 bridgehead atoms. The van der Waals surface area contributed by atoms with Crippen molar-refractivity contribution >= 4 is 21.9 Å². The Hall–Kier alpha value is -2.65. The summed E-state index contributed by atoms with van der Waals surface area (Å²) in [7, 11) is 0. The van der Waals surface area contributed by atoms with Gasteiger partial charge in [-0.3, -0.25) is 4.79 Å². The molecule has 0 saturated carbocycles. The molecule has 1 N–H and O–H groups in total. The molecule has 0 spiro atoms. The van der Waals surface area contributed by atoms with E-state index in [0.29, 0.717) is 24.7 Å². The zero-order chi connectivity index (χ0) is 19.2. The van der Waals surface area contributed by atoms with E-state index < -0.39 is 5.97 Å². The summed E-state index contributed by atoms with van der Waals surface area (Å²) in [5.41, 5.74) is 0.857. The molecule has 3 rings (SSSR count). The van der Waals surface area contributed by atoms with Crippen molar-refractivity contribution in [2.45, 2.75) is 25.4 Å². The molecule has 1 aliphatic heterocycles. The third-order valence-corrected chi connectivity index (χ3v) is 4.53. The van der Waals surface area contributed by atoms with Gasteiger partial charge in [0.2, 0.25) is 0 Å². The smallest absolute Gasteiger partial charge is 0.304 e. The molecule has 2 aromatic rings. The average molecular weight is 431 g/mol. The first kappa shape index (κ1) is 19.1. The van der Waals surface area contributed by atoms with Gasteiger partial charge in [-0.15, -0.1) is 5.92 Å². The molecule has 27 heavy (non-hydrogen) atoms. The number of hydrogen-bond acceptors (Lipinski definition) is 4. The predicted octanol–water partition coefficient (Wildman–Crippen LogP) is 4.25. The molecule has 0 unspecified atom stereocenters. The number of ether oxygens (including phenoxy) is 3. The standard InChI is InChI=1S/C21H19BrO5/c1-2-3-15(10-21(23)24)14-4-7-17(8-5-14)25-12-18-13-26-19-9-6-16(22)11-20(19)27-18/h4-9,11,15,18H,10,12-13H2,1H3,(H,23,24)/t15-,18-/m0/s1.